The summed E-state index contributed by atoms with van der Waals surface area (Å²) in [5, 5.41) is 0. The molecule has 2 heteroatoms. The van der Waals surface area contributed by atoms with Crippen molar-refractivity contribution in [2.45, 2.75) is 46.5 Å². The Kier molecular flexibility index (Phi) is 3.98. The molecule has 0 bridgehead atoms. The highest BCUT2D eigenvalue weighted by atomic mass is 32.1. The summed E-state index contributed by atoms with van der Waals surface area (Å²) in [6, 6.07) is 8.76. The van der Waals surface area contributed by atoms with Crippen LogP contribution in [0.2, 0.25) is 0 Å². The van der Waals surface area contributed by atoms with Gasteiger partial charge in [0.25, 0.3) is 0 Å². The van der Waals surface area contributed by atoms with Crippen molar-refractivity contribution in [3.05, 3.63) is 35.4 Å². The molecule has 0 atom stereocenters. The Morgan fingerprint density at radius 2 is 1.53 bits per heavy atom. The molecule has 0 aliphatic carbocycles. The molecule has 0 fully saturated rings. The summed E-state index contributed by atoms with van der Waals surface area (Å²) in [5.74, 6) is 0. The third kappa shape index (κ3) is 3.81. The van der Waals surface area contributed by atoms with Crippen LogP contribution in [0.25, 0.3) is 0 Å². The van der Waals surface area contributed by atoms with Gasteiger partial charge in [0.2, 0.25) is 0 Å². The molecule has 17 heavy (non-hydrogen) atoms. The standard InChI is InChI=1S/C15H23NS/c1-14(2,3)12-8-6-11(7-9-12)10-15(4,5)13(16)17/h6-9H,10H2,1-5H3,(H2,16,17). The van der Waals surface area contributed by atoms with E-state index in [4.69, 9.17) is 18.0 Å². The van der Waals surface area contributed by atoms with Crippen LogP contribution >= 0.6 is 12.2 Å². The third-order valence-corrected chi connectivity index (χ3v) is 3.69. The second-order valence-corrected chi connectivity index (χ2v) is 6.81. The fraction of sp³-hybridized carbons (Fsp3) is 0.533. The molecule has 94 valence electrons. The average Bonchev–Trinajstić information content (AvgIpc) is 2.16. The van der Waals surface area contributed by atoms with E-state index < -0.39 is 0 Å². The summed E-state index contributed by atoms with van der Waals surface area (Å²) in [4.78, 5) is 0.581. The van der Waals surface area contributed by atoms with Crippen LogP contribution in [0, 0.1) is 5.41 Å². The van der Waals surface area contributed by atoms with Gasteiger partial charge in [-0.1, -0.05) is 71.1 Å². The molecule has 0 saturated carbocycles. The SMILES string of the molecule is CC(C)(Cc1ccc(C(C)(C)C)cc1)C(N)=S. The van der Waals surface area contributed by atoms with Crippen molar-refractivity contribution in [2.75, 3.05) is 0 Å². The van der Waals surface area contributed by atoms with Crippen LogP contribution in [0.4, 0.5) is 0 Å². The van der Waals surface area contributed by atoms with Crippen molar-refractivity contribution in [3.63, 3.8) is 0 Å². The maximum absolute atomic E-state index is 5.75. The molecule has 0 aliphatic heterocycles. The van der Waals surface area contributed by atoms with E-state index in [1.54, 1.807) is 0 Å². The number of rotatable bonds is 3. The molecule has 0 saturated heterocycles. The van der Waals surface area contributed by atoms with Gasteiger partial charge in [-0.3, -0.25) is 0 Å². The molecule has 0 amide bonds. The topological polar surface area (TPSA) is 26.0 Å². The lowest BCUT2D eigenvalue weighted by molar-refractivity contribution is 0.522. The zero-order valence-corrected chi connectivity index (χ0v) is 12.3. The molecule has 0 radical (unpaired) electrons. The smallest absolute Gasteiger partial charge is 0.0787 e. The van der Waals surface area contributed by atoms with Crippen molar-refractivity contribution in [1.29, 1.82) is 0 Å². The van der Waals surface area contributed by atoms with Crippen LogP contribution in [-0.2, 0) is 11.8 Å². The van der Waals surface area contributed by atoms with E-state index in [1.165, 1.54) is 11.1 Å². The number of hydrogen-bond acceptors (Lipinski definition) is 1. The van der Waals surface area contributed by atoms with E-state index in [0.29, 0.717) is 4.99 Å². The van der Waals surface area contributed by atoms with Gasteiger partial charge in [-0.25, -0.2) is 0 Å². The van der Waals surface area contributed by atoms with E-state index >= 15 is 0 Å². The lowest BCUT2D eigenvalue weighted by atomic mass is 9.83. The first kappa shape index (κ1) is 14.2. The van der Waals surface area contributed by atoms with Gasteiger partial charge in [0.05, 0.1) is 4.99 Å². The molecule has 1 aromatic carbocycles. The van der Waals surface area contributed by atoms with Crippen molar-refractivity contribution >= 4 is 17.2 Å². The van der Waals surface area contributed by atoms with Crippen LogP contribution in [0.5, 0.6) is 0 Å². The molecular weight excluding hydrogens is 226 g/mol. The summed E-state index contributed by atoms with van der Waals surface area (Å²) in [7, 11) is 0. The summed E-state index contributed by atoms with van der Waals surface area (Å²) in [5.41, 5.74) is 8.49. The number of nitrogens with two attached hydrogens (primary N) is 1. The first-order valence-corrected chi connectivity index (χ1v) is 6.43. The lowest BCUT2D eigenvalue weighted by Crippen LogP contribution is -2.31. The number of benzene rings is 1. The number of hydrogen-bond donors (Lipinski definition) is 1. The quantitative estimate of drug-likeness (QED) is 0.824. The van der Waals surface area contributed by atoms with E-state index in [9.17, 15) is 0 Å². The Bertz CT molecular complexity index is 396. The second kappa shape index (κ2) is 4.77. The van der Waals surface area contributed by atoms with Gasteiger partial charge < -0.3 is 5.73 Å². The first-order valence-electron chi connectivity index (χ1n) is 6.02. The van der Waals surface area contributed by atoms with Crippen molar-refractivity contribution in [3.8, 4) is 0 Å². The second-order valence-electron chi connectivity index (χ2n) is 6.37. The highest BCUT2D eigenvalue weighted by Crippen LogP contribution is 2.26. The van der Waals surface area contributed by atoms with E-state index in [2.05, 4.69) is 58.9 Å². The average molecular weight is 249 g/mol. The van der Waals surface area contributed by atoms with Gasteiger partial charge in [0.15, 0.2) is 0 Å². The summed E-state index contributed by atoms with van der Waals surface area (Å²) < 4.78 is 0. The maximum Gasteiger partial charge on any atom is 0.0787 e. The normalized spacial score (nSPS) is 12.5. The molecule has 0 heterocycles. The van der Waals surface area contributed by atoms with Gasteiger partial charge >= 0.3 is 0 Å². The summed E-state index contributed by atoms with van der Waals surface area (Å²) >= 11 is 5.09. The summed E-state index contributed by atoms with van der Waals surface area (Å²) in [6.45, 7) is 10.9. The molecule has 0 aromatic heterocycles. The Hall–Kier alpha value is -0.890. The van der Waals surface area contributed by atoms with Crippen LogP contribution < -0.4 is 5.73 Å². The van der Waals surface area contributed by atoms with Crippen molar-refractivity contribution < 1.29 is 0 Å². The molecule has 2 N–H and O–H groups in total. The molecule has 1 rings (SSSR count). The Morgan fingerprint density at radius 3 is 1.88 bits per heavy atom. The fourth-order valence-corrected chi connectivity index (χ4v) is 1.79. The van der Waals surface area contributed by atoms with Crippen LogP contribution in [0.1, 0.15) is 45.7 Å². The molecular formula is C15H23NS. The first-order chi connectivity index (χ1) is 7.63. The van der Waals surface area contributed by atoms with Crippen LogP contribution in [0.15, 0.2) is 24.3 Å². The molecule has 1 nitrogen and oxygen atoms in total. The van der Waals surface area contributed by atoms with Gasteiger partial charge in [-0.05, 0) is 23.0 Å². The molecule has 1 aromatic rings. The predicted molar refractivity (Wildman–Crippen MR) is 79.4 cm³/mol. The Labute approximate surface area is 110 Å². The fourth-order valence-electron chi connectivity index (χ4n) is 1.72. The van der Waals surface area contributed by atoms with Gasteiger partial charge in [-0.15, -0.1) is 0 Å². The summed E-state index contributed by atoms with van der Waals surface area (Å²) in [6.07, 6.45) is 0.896. The Morgan fingerprint density at radius 1 is 1.06 bits per heavy atom. The van der Waals surface area contributed by atoms with Gasteiger partial charge in [-0.2, -0.15) is 0 Å². The minimum atomic E-state index is -0.113. The van der Waals surface area contributed by atoms with Crippen molar-refractivity contribution in [2.24, 2.45) is 11.1 Å². The predicted octanol–water partition coefficient (Wildman–Crippen LogP) is 3.84. The number of thiocarbonyl (C=S) groups is 1. The van der Waals surface area contributed by atoms with Crippen LogP contribution in [-0.4, -0.2) is 4.99 Å². The van der Waals surface area contributed by atoms with E-state index in [0.717, 1.165) is 6.42 Å². The maximum atomic E-state index is 5.75. The molecule has 0 spiro atoms. The van der Waals surface area contributed by atoms with Crippen LogP contribution in [0.3, 0.4) is 0 Å². The van der Waals surface area contributed by atoms with E-state index in [-0.39, 0.29) is 10.8 Å². The third-order valence-electron chi connectivity index (χ3n) is 3.13. The molecule has 0 unspecified atom stereocenters. The molecule has 0 aliphatic rings. The zero-order chi connectivity index (χ0) is 13.3. The zero-order valence-electron chi connectivity index (χ0n) is 11.5. The highest BCUT2D eigenvalue weighted by molar-refractivity contribution is 7.80. The Balaban J connectivity index is 2.86. The minimum absolute atomic E-state index is 0.113. The van der Waals surface area contributed by atoms with Gasteiger partial charge in [0.1, 0.15) is 0 Å². The largest absolute Gasteiger partial charge is 0.393 e. The minimum Gasteiger partial charge on any atom is -0.393 e. The highest BCUT2D eigenvalue weighted by Gasteiger charge is 2.22. The lowest BCUT2D eigenvalue weighted by Gasteiger charge is -2.24. The van der Waals surface area contributed by atoms with Crippen molar-refractivity contribution in [1.82, 2.24) is 0 Å². The van der Waals surface area contributed by atoms with Gasteiger partial charge in [0, 0.05) is 5.41 Å². The van der Waals surface area contributed by atoms with E-state index in [1.807, 2.05) is 0 Å². The monoisotopic (exact) mass is 249 g/mol.